The van der Waals surface area contributed by atoms with Gasteiger partial charge in [0, 0.05) is 0 Å². The first-order valence-electron chi connectivity index (χ1n) is 11.6. The van der Waals surface area contributed by atoms with Gasteiger partial charge in [0.05, 0.1) is 10.9 Å². The van der Waals surface area contributed by atoms with E-state index in [1.807, 2.05) is 0 Å². The molecule has 3 aromatic carbocycles. The van der Waals surface area contributed by atoms with Crippen LogP contribution in [0.25, 0.3) is 0 Å². The Morgan fingerprint density at radius 1 is 0.686 bits per heavy atom. The Morgan fingerprint density at radius 2 is 1.03 bits per heavy atom. The fraction of sp³-hybridized carbons (Fsp3) is 0.333. The monoisotopic (exact) mass is 524 g/mol. The van der Waals surface area contributed by atoms with Crippen molar-refractivity contribution in [3.63, 3.8) is 0 Å². The van der Waals surface area contributed by atoms with Crippen LogP contribution in [0.3, 0.4) is 0 Å². The van der Waals surface area contributed by atoms with Crippen molar-refractivity contribution in [2.75, 3.05) is 0 Å². The third-order valence-electron chi connectivity index (χ3n) is 5.22. The molecular formula is C27H31F3O3S2. The van der Waals surface area contributed by atoms with Crippen LogP contribution in [0.15, 0.2) is 93.5 Å². The molecule has 0 aliphatic heterocycles. The van der Waals surface area contributed by atoms with Gasteiger partial charge < -0.3 is 4.55 Å². The highest BCUT2D eigenvalue weighted by Crippen LogP contribution is 2.31. The molecule has 3 rings (SSSR count). The molecule has 190 valence electrons. The summed E-state index contributed by atoms with van der Waals surface area (Å²) in [5.41, 5.74) is -2.74. The van der Waals surface area contributed by atoms with Gasteiger partial charge in [-0.25, -0.2) is 8.42 Å². The van der Waals surface area contributed by atoms with E-state index >= 15 is 0 Å². The van der Waals surface area contributed by atoms with Gasteiger partial charge in [0.1, 0.15) is 0 Å². The van der Waals surface area contributed by atoms with E-state index in [1.165, 1.54) is 64.3 Å². The van der Waals surface area contributed by atoms with Gasteiger partial charge in [-0.15, -0.1) is 0 Å². The molecule has 0 aliphatic rings. The van der Waals surface area contributed by atoms with Gasteiger partial charge in [-0.05, 0) is 73.2 Å². The Balaban J connectivity index is 0.000000466. The topological polar surface area (TPSA) is 57.2 Å². The lowest BCUT2D eigenvalue weighted by molar-refractivity contribution is -0.0517. The van der Waals surface area contributed by atoms with Crippen molar-refractivity contribution in [3.8, 4) is 0 Å². The minimum Gasteiger partial charge on any atom is -0.741 e. The summed E-state index contributed by atoms with van der Waals surface area (Å²) in [5.74, 6) is 0. The maximum atomic E-state index is 10.7. The van der Waals surface area contributed by atoms with Crippen molar-refractivity contribution in [3.05, 3.63) is 90.0 Å². The van der Waals surface area contributed by atoms with E-state index in [-0.39, 0.29) is 10.9 Å². The van der Waals surface area contributed by atoms with E-state index < -0.39 is 15.6 Å². The molecule has 35 heavy (non-hydrogen) atoms. The van der Waals surface area contributed by atoms with Crippen LogP contribution in [0.4, 0.5) is 13.2 Å². The summed E-state index contributed by atoms with van der Waals surface area (Å²) in [4.78, 5) is 4.20. The predicted octanol–water partition coefficient (Wildman–Crippen LogP) is 7.52. The third kappa shape index (κ3) is 9.35. The zero-order valence-corrected chi connectivity index (χ0v) is 21.6. The van der Waals surface area contributed by atoms with Crippen molar-refractivity contribution in [2.24, 2.45) is 0 Å². The fourth-order valence-electron chi connectivity index (χ4n) is 3.31. The van der Waals surface area contributed by atoms with E-state index in [0.717, 1.165) is 0 Å². The minimum absolute atomic E-state index is 0.0426. The molecule has 0 fully saturated rings. The van der Waals surface area contributed by atoms with E-state index in [9.17, 15) is 13.2 Å². The number of aryl methyl sites for hydroxylation is 2. The Bertz CT molecular complexity index is 1060. The second-order valence-electron chi connectivity index (χ2n) is 8.01. The molecule has 3 aromatic rings. The molecule has 0 N–H and O–H groups in total. The minimum atomic E-state index is -6.09. The quantitative estimate of drug-likeness (QED) is 0.165. The van der Waals surface area contributed by atoms with Gasteiger partial charge in [-0.2, -0.15) is 13.2 Å². The van der Waals surface area contributed by atoms with E-state index in [1.54, 1.807) is 0 Å². The van der Waals surface area contributed by atoms with Gasteiger partial charge in [-0.3, -0.25) is 0 Å². The second-order valence-corrected chi connectivity index (χ2v) is 11.4. The predicted molar refractivity (Wildman–Crippen MR) is 134 cm³/mol. The molecule has 0 aliphatic carbocycles. The van der Waals surface area contributed by atoms with Crippen molar-refractivity contribution >= 4 is 21.0 Å². The maximum absolute atomic E-state index is 10.7. The summed E-state index contributed by atoms with van der Waals surface area (Å²) in [6, 6.07) is 29.6. The number of alkyl halides is 3. The van der Waals surface area contributed by atoms with Crippen LogP contribution in [0.5, 0.6) is 0 Å². The van der Waals surface area contributed by atoms with Crippen LogP contribution in [0.1, 0.15) is 50.7 Å². The van der Waals surface area contributed by atoms with Crippen molar-refractivity contribution < 1.29 is 26.1 Å². The average Bonchev–Trinajstić information content (AvgIpc) is 2.83. The Hall–Kier alpha value is -2.29. The Morgan fingerprint density at radius 3 is 1.34 bits per heavy atom. The van der Waals surface area contributed by atoms with E-state index in [0.29, 0.717) is 0 Å². The SMILES string of the molecule is CCCCc1ccc([S+](c2ccccc2)c2ccc(CCCC)cc2)cc1.O=S(=O)([O-])C(F)(F)F. The van der Waals surface area contributed by atoms with Crippen molar-refractivity contribution in [1.82, 2.24) is 0 Å². The summed E-state index contributed by atoms with van der Waals surface area (Å²) in [7, 11) is -6.13. The lowest BCUT2D eigenvalue weighted by Crippen LogP contribution is -2.21. The summed E-state index contributed by atoms with van der Waals surface area (Å²) in [5, 5.41) is 0. The molecule has 0 unspecified atom stereocenters. The summed E-state index contributed by atoms with van der Waals surface area (Å²) in [6.45, 7) is 4.51. The van der Waals surface area contributed by atoms with Crippen LogP contribution in [-0.2, 0) is 33.9 Å². The lowest BCUT2D eigenvalue weighted by Gasteiger charge is -2.09. The molecule has 0 spiro atoms. The van der Waals surface area contributed by atoms with Crippen molar-refractivity contribution in [1.29, 1.82) is 0 Å². The van der Waals surface area contributed by atoms with Crippen LogP contribution in [-0.4, -0.2) is 18.5 Å². The van der Waals surface area contributed by atoms with Gasteiger partial charge in [-0.1, -0.05) is 69.2 Å². The molecule has 0 saturated heterocycles. The number of hydrogen-bond donors (Lipinski definition) is 0. The van der Waals surface area contributed by atoms with Gasteiger partial charge in [0.25, 0.3) is 0 Å². The number of hydrogen-bond acceptors (Lipinski definition) is 3. The van der Waals surface area contributed by atoms with E-state index in [4.69, 9.17) is 13.0 Å². The standard InChI is InChI=1S/C26H31S.CHF3O3S/c1-3-5-10-22-14-18-25(19-15-22)27(24-12-8-7-9-13-24)26-20-16-23(17-21-26)11-6-4-2;2-1(3,4)8(5,6)7/h7-9,12-21H,3-6,10-11H2,1-2H3;(H,5,6,7)/q+1;/p-1. The molecule has 0 bridgehead atoms. The van der Waals surface area contributed by atoms with Gasteiger partial charge in [0.15, 0.2) is 24.8 Å². The molecule has 0 radical (unpaired) electrons. The fourth-order valence-corrected chi connectivity index (χ4v) is 5.37. The zero-order chi connectivity index (χ0) is 25.9. The second kappa shape index (κ2) is 13.7. The average molecular weight is 525 g/mol. The number of benzene rings is 3. The summed E-state index contributed by atoms with van der Waals surface area (Å²) < 4.78 is 58.9. The van der Waals surface area contributed by atoms with E-state index in [2.05, 4.69) is 92.7 Å². The summed E-state index contributed by atoms with van der Waals surface area (Å²) in [6.07, 6.45) is 7.40. The molecule has 0 amide bonds. The highest BCUT2D eigenvalue weighted by atomic mass is 32.2. The summed E-state index contributed by atoms with van der Waals surface area (Å²) >= 11 is 0. The normalized spacial score (nSPS) is 11.7. The maximum Gasteiger partial charge on any atom is 0.485 e. The number of rotatable bonds is 9. The largest absolute Gasteiger partial charge is 0.741 e. The molecule has 3 nitrogen and oxygen atoms in total. The highest BCUT2D eigenvalue weighted by molar-refractivity contribution is 7.97. The Labute approximate surface area is 209 Å². The lowest BCUT2D eigenvalue weighted by atomic mass is 10.1. The molecular weight excluding hydrogens is 493 g/mol. The Kier molecular flexibility index (Phi) is 11.3. The molecule has 0 saturated carbocycles. The molecule has 0 aromatic heterocycles. The van der Waals surface area contributed by atoms with Gasteiger partial charge in [0.2, 0.25) is 0 Å². The van der Waals surface area contributed by atoms with Crippen LogP contribution in [0, 0.1) is 0 Å². The zero-order valence-electron chi connectivity index (χ0n) is 19.9. The number of unbranched alkanes of at least 4 members (excludes halogenated alkanes) is 2. The molecule has 8 heteroatoms. The molecule has 0 atom stereocenters. The first-order valence-corrected chi connectivity index (χ1v) is 14.2. The highest BCUT2D eigenvalue weighted by Gasteiger charge is 2.37. The molecule has 0 heterocycles. The van der Waals surface area contributed by atoms with Gasteiger partial charge >= 0.3 is 5.51 Å². The van der Waals surface area contributed by atoms with Crippen LogP contribution in [0.2, 0.25) is 0 Å². The smallest absolute Gasteiger partial charge is 0.485 e. The first kappa shape index (κ1) is 28.9. The van der Waals surface area contributed by atoms with Crippen molar-refractivity contribution in [2.45, 2.75) is 72.6 Å². The van der Waals surface area contributed by atoms with Crippen LogP contribution >= 0.6 is 0 Å². The third-order valence-corrected chi connectivity index (χ3v) is 8.02. The number of halogens is 3. The van der Waals surface area contributed by atoms with Crippen LogP contribution < -0.4 is 0 Å². The first-order chi connectivity index (χ1) is 16.6.